The van der Waals surface area contributed by atoms with Crippen molar-refractivity contribution in [2.45, 2.75) is 25.6 Å². The summed E-state index contributed by atoms with van der Waals surface area (Å²) in [5, 5.41) is 20.3. The first-order valence-electron chi connectivity index (χ1n) is 6.35. The average Bonchev–Trinajstić information content (AvgIpc) is 2.63. The predicted molar refractivity (Wildman–Crippen MR) is 71.2 cm³/mol. The molecule has 5 atom stereocenters. The van der Waals surface area contributed by atoms with Crippen molar-refractivity contribution in [3.63, 3.8) is 0 Å². The van der Waals surface area contributed by atoms with E-state index < -0.39 is 29.5 Å². The number of fused-ring (bicyclic) bond motifs is 1. The van der Waals surface area contributed by atoms with Gasteiger partial charge in [-0.05, 0) is 13.3 Å². The molecule has 0 spiro atoms. The van der Waals surface area contributed by atoms with Gasteiger partial charge < -0.3 is 14.9 Å². The molecule has 2 rings (SSSR count). The number of rotatable bonds is 3. The van der Waals surface area contributed by atoms with Crippen LogP contribution in [0.4, 0.5) is 0 Å². The Morgan fingerprint density at radius 3 is 2.74 bits per heavy atom. The Kier molecular flexibility index (Phi) is 3.41. The molecule has 4 heteroatoms. The fourth-order valence-electron chi connectivity index (χ4n) is 3.51. The molecule has 0 amide bonds. The smallest absolute Gasteiger partial charge is 0.334 e. The molecule has 1 saturated carbocycles. The van der Waals surface area contributed by atoms with Crippen LogP contribution in [0, 0.1) is 17.3 Å². The van der Waals surface area contributed by atoms with Crippen LogP contribution in [0.3, 0.4) is 0 Å². The SMILES string of the molecule is C=CC1(CO)CC2OC(=O)C(=C)C2C(O)C1C(=C)C. The molecule has 2 N–H and O–H groups in total. The van der Waals surface area contributed by atoms with Gasteiger partial charge in [-0.3, -0.25) is 0 Å². The van der Waals surface area contributed by atoms with Crippen LogP contribution in [0.1, 0.15) is 13.3 Å². The van der Waals surface area contributed by atoms with E-state index in [1.807, 2.05) is 6.92 Å². The lowest BCUT2D eigenvalue weighted by molar-refractivity contribution is -0.145. The van der Waals surface area contributed by atoms with Gasteiger partial charge in [0.05, 0.1) is 18.6 Å². The maximum atomic E-state index is 11.6. The number of hydrogen-bond acceptors (Lipinski definition) is 4. The van der Waals surface area contributed by atoms with Crippen LogP contribution in [-0.4, -0.2) is 35.0 Å². The highest BCUT2D eigenvalue weighted by Gasteiger charge is 2.57. The molecule has 104 valence electrons. The van der Waals surface area contributed by atoms with Crippen molar-refractivity contribution in [2.24, 2.45) is 17.3 Å². The van der Waals surface area contributed by atoms with Gasteiger partial charge in [0.2, 0.25) is 0 Å². The van der Waals surface area contributed by atoms with Crippen molar-refractivity contribution in [3.8, 4) is 0 Å². The van der Waals surface area contributed by atoms with Gasteiger partial charge in [-0.2, -0.15) is 0 Å². The second-order valence-corrected chi connectivity index (χ2v) is 5.61. The first kappa shape index (κ1) is 14.0. The summed E-state index contributed by atoms with van der Waals surface area (Å²) in [6.07, 6.45) is 0.772. The van der Waals surface area contributed by atoms with Crippen LogP contribution < -0.4 is 0 Å². The third-order valence-electron chi connectivity index (χ3n) is 4.47. The first-order valence-corrected chi connectivity index (χ1v) is 6.35. The molecule has 1 aliphatic carbocycles. The largest absolute Gasteiger partial charge is 0.458 e. The molecule has 2 aliphatic rings. The maximum Gasteiger partial charge on any atom is 0.334 e. The number of hydrogen-bond donors (Lipinski definition) is 2. The van der Waals surface area contributed by atoms with Crippen molar-refractivity contribution in [3.05, 3.63) is 37.0 Å². The fraction of sp³-hybridized carbons (Fsp3) is 0.533. The molecule has 0 aromatic rings. The highest BCUT2D eigenvalue weighted by atomic mass is 16.6. The molecule has 0 bridgehead atoms. The minimum absolute atomic E-state index is 0.168. The zero-order valence-electron chi connectivity index (χ0n) is 11.1. The first-order chi connectivity index (χ1) is 8.88. The normalized spacial score (nSPS) is 41.6. The molecule has 4 nitrogen and oxygen atoms in total. The zero-order valence-corrected chi connectivity index (χ0v) is 11.1. The summed E-state index contributed by atoms with van der Waals surface area (Å²) in [6.45, 7) is 13.0. The summed E-state index contributed by atoms with van der Waals surface area (Å²) < 4.78 is 5.25. The lowest BCUT2D eigenvalue weighted by Gasteiger charge is -2.48. The summed E-state index contributed by atoms with van der Waals surface area (Å²) in [4.78, 5) is 11.6. The highest BCUT2D eigenvalue weighted by molar-refractivity contribution is 5.91. The van der Waals surface area contributed by atoms with Gasteiger partial charge >= 0.3 is 5.97 Å². The van der Waals surface area contributed by atoms with E-state index in [-0.39, 0.29) is 12.5 Å². The second-order valence-electron chi connectivity index (χ2n) is 5.61. The van der Waals surface area contributed by atoms with Gasteiger partial charge in [-0.15, -0.1) is 6.58 Å². The molecule has 2 fully saturated rings. The lowest BCUT2D eigenvalue weighted by atomic mass is 9.58. The van der Waals surface area contributed by atoms with Crippen molar-refractivity contribution in [1.29, 1.82) is 0 Å². The van der Waals surface area contributed by atoms with E-state index in [1.54, 1.807) is 6.08 Å². The number of aliphatic hydroxyl groups is 2. The predicted octanol–water partition coefficient (Wildman–Crippen LogP) is 1.21. The maximum absolute atomic E-state index is 11.6. The monoisotopic (exact) mass is 264 g/mol. The van der Waals surface area contributed by atoms with Crippen molar-refractivity contribution >= 4 is 5.97 Å². The Morgan fingerprint density at radius 1 is 1.63 bits per heavy atom. The van der Waals surface area contributed by atoms with E-state index in [9.17, 15) is 15.0 Å². The molecule has 1 aliphatic heterocycles. The number of carbonyl (C=O) groups is 1. The molecule has 5 unspecified atom stereocenters. The molecule has 19 heavy (non-hydrogen) atoms. The third-order valence-corrected chi connectivity index (χ3v) is 4.47. The van der Waals surface area contributed by atoms with Gasteiger partial charge in [0.1, 0.15) is 6.10 Å². The van der Waals surface area contributed by atoms with Gasteiger partial charge in [-0.25, -0.2) is 4.79 Å². The van der Waals surface area contributed by atoms with Gasteiger partial charge in [0.15, 0.2) is 0 Å². The molecule has 1 saturated heterocycles. The summed E-state index contributed by atoms with van der Waals surface area (Å²) in [7, 11) is 0. The van der Waals surface area contributed by atoms with E-state index in [2.05, 4.69) is 19.7 Å². The summed E-state index contributed by atoms with van der Waals surface area (Å²) in [5.41, 5.74) is 0.350. The quantitative estimate of drug-likeness (QED) is 0.457. The van der Waals surface area contributed by atoms with Crippen molar-refractivity contribution in [2.75, 3.05) is 6.61 Å². The molecular formula is C15H20O4. The minimum atomic E-state index is -0.847. The summed E-state index contributed by atoms with van der Waals surface area (Å²) >= 11 is 0. The van der Waals surface area contributed by atoms with E-state index in [0.29, 0.717) is 12.0 Å². The Balaban J connectivity index is 2.46. The standard InChI is InChI=1S/C15H20O4/c1-5-15(7-16)6-10-11(9(4)14(18)19-10)13(17)12(15)8(2)3/h5,10-13,16-17H,1-2,4,6-7H2,3H3. The number of ether oxygens (including phenoxy) is 1. The summed E-state index contributed by atoms with van der Waals surface area (Å²) in [6, 6.07) is 0. The Morgan fingerprint density at radius 2 is 2.26 bits per heavy atom. The molecule has 0 radical (unpaired) electrons. The van der Waals surface area contributed by atoms with Crippen LogP contribution in [0.25, 0.3) is 0 Å². The number of aliphatic hydroxyl groups excluding tert-OH is 2. The van der Waals surface area contributed by atoms with Gasteiger partial charge in [-0.1, -0.05) is 24.8 Å². The molecular weight excluding hydrogens is 244 g/mol. The third kappa shape index (κ3) is 1.86. The Bertz CT molecular complexity index is 453. The summed E-state index contributed by atoms with van der Waals surface area (Å²) in [5.74, 6) is -1.25. The number of esters is 1. The van der Waals surface area contributed by atoms with Crippen molar-refractivity contribution < 1.29 is 19.7 Å². The van der Waals surface area contributed by atoms with Gasteiger partial charge in [0.25, 0.3) is 0 Å². The van der Waals surface area contributed by atoms with Crippen LogP contribution in [0.5, 0.6) is 0 Å². The van der Waals surface area contributed by atoms with Gasteiger partial charge in [0, 0.05) is 16.9 Å². The highest BCUT2D eigenvalue weighted by Crippen LogP contribution is 2.52. The van der Waals surface area contributed by atoms with E-state index in [0.717, 1.165) is 5.57 Å². The minimum Gasteiger partial charge on any atom is -0.458 e. The Labute approximate surface area is 113 Å². The lowest BCUT2D eigenvalue weighted by Crippen LogP contribution is -2.52. The zero-order chi connectivity index (χ0) is 14.4. The molecule has 0 aromatic carbocycles. The van der Waals surface area contributed by atoms with Crippen LogP contribution in [0.15, 0.2) is 37.0 Å². The van der Waals surface area contributed by atoms with Crippen LogP contribution in [0.2, 0.25) is 0 Å². The van der Waals surface area contributed by atoms with E-state index >= 15 is 0 Å². The topological polar surface area (TPSA) is 66.8 Å². The fourth-order valence-corrected chi connectivity index (χ4v) is 3.51. The van der Waals surface area contributed by atoms with Crippen molar-refractivity contribution in [1.82, 2.24) is 0 Å². The number of carbonyl (C=O) groups excluding carboxylic acids is 1. The van der Waals surface area contributed by atoms with Crippen LogP contribution in [-0.2, 0) is 9.53 Å². The average molecular weight is 264 g/mol. The van der Waals surface area contributed by atoms with E-state index in [1.165, 1.54) is 0 Å². The molecule has 0 aromatic heterocycles. The Hall–Kier alpha value is -1.39. The molecule has 1 heterocycles. The van der Waals surface area contributed by atoms with Crippen LogP contribution >= 0.6 is 0 Å². The second kappa shape index (κ2) is 4.62. The van der Waals surface area contributed by atoms with E-state index in [4.69, 9.17) is 4.74 Å².